The molecule has 0 radical (unpaired) electrons. The lowest BCUT2D eigenvalue weighted by molar-refractivity contribution is -0.137. The number of alkyl halides is 3. The van der Waals surface area contributed by atoms with Gasteiger partial charge in [-0.3, -0.25) is 14.5 Å². The van der Waals surface area contributed by atoms with E-state index >= 15 is 4.39 Å². The number of carbonyl (C=O) groups is 2. The minimum atomic E-state index is -4.56. The Hall–Kier alpha value is -4.49. The molecule has 2 amide bonds. The number of hydrogen-bond acceptors (Lipinski definition) is 7. The summed E-state index contributed by atoms with van der Waals surface area (Å²) in [5, 5.41) is 5.80. The summed E-state index contributed by atoms with van der Waals surface area (Å²) < 4.78 is 70.9. The lowest BCUT2D eigenvalue weighted by Crippen LogP contribution is -2.46. The first-order chi connectivity index (χ1) is 22.1. The number of ether oxygens (including phenoxy) is 3. The van der Waals surface area contributed by atoms with Gasteiger partial charge in [-0.15, -0.1) is 0 Å². The van der Waals surface area contributed by atoms with Crippen molar-refractivity contribution in [2.24, 2.45) is 5.10 Å². The molecule has 0 aromatic heterocycles. The van der Waals surface area contributed by atoms with Crippen LogP contribution in [0, 0.1) is 5.82 Å². The molecule has 244 valence electrons. The maximum atomic E-state index is 15.1. The Bertz CT molecular complexity index is 1570. The van der Waals surface area contributed by atoms with Crippen LogP contribution in [0.1, 0.15) is 39.5 Å². The maximum absolute atomic E-state index is 15.1. The highest BCUT2D eigenvalue weighted by Gasteiger charge is 2.37. The van der Waals surface area contributed by atoms with Gasteiger partial charge in [-0.25, -0.2) is 9.40 Å². The number of benzene rings is 3. The summed E-state index contributed by atoms with van der Waals surface area (Å²) in [6, 6.07) is 14.3. The van der Waals surface area contributed by atoms with E-state index in [9.17, 15) is 22.8 Å². The van der Waals surface area contributed by atoms with Crippen LogP contribution in [-0.4, -0.2) is 92.5 Å². The van der Waals surface area contributed by atoms with Gasteiger partial charge >= 0.3 is 6.18 Å². The van der Waals surface area contributed by atoms with Crippen LogP contribution in [0.15, 0.2) is 71.8 Å². The summed E-state index contributed by atoms with van der Waals surface area (Å²) in [7, 11) is 3.01. The number of nitrogens with zero attached hydrogens (tertiary/aromatic N) is 4. The molecule has 0 N–H and O–H groups in total. The first kappa shape index (κ1) is 32.9. The highest BCUT2D eigenvalue weighted by Crippen LogP contribution is 2.37. The van der Waals surface area contributed by atoms with Gasteiger partial charge in [0, 0.05) is 55.4 Å². The number of rotatable bonds is 10. The Morgan fingerprint density at radius 2 is 1.72 bits per heavy atom. The van der Waals surface area contributed by atoms with E-state index in [-0.39, 0.29) is 24.1 Å². The molecule has 1 saturated heterocycles. The number of halogens is 4. The zero-order valence-corrected chi connectivity index (χ0v) is 25.4. The van der Waals surface area contributed by atoms with Crippen LogP contribution >= 0.6 is 0 Å². The summed E-state index contributed by atoms with van der Waals surface area (Å²) in [5.41, 5.74) is 0.415. The van der Waals surface area contributed by atoms with E-state index in [2.05, 4.69) is 10.0 Å². The van der Waals surface area contributed by atoms with E-state index in [1.54, 1.807) is 36.4 Å². The predicted octanol–water partition coefficient (Wildman–Crippen LogP) is 5.01. The van der Waals surface area contributed by atoms with Gasteiger partial charge in [0.05, 0.1) is 44.8 Å². The van der Waals surface area contributed by atoms with Crippen LogP contribution in [0.2, 0.25) is 0 Å². The second-order valence-corrected chi connectivity index (χ2v) is 10.8. The van der Waals surface area contributed by atoms with E-state index in [1.807, 2.05) is 0 Å². The van der Waals surface area contributed by atoms with Gasteiger partial charge in [0.15, 0.2) is 0 Å². The second-order valence-electron chi connectivity index (χ2n) is 10.8. The third-order valence-corrected chi connectivity index (χ3v) is 8.01. The van der Waals surface area contributed by atoms with Crippen LogP contribution < -0.4 is 9.47 Å². The largest absolute Gasteiger partial charge is 0.497 e. The van der Waals surface area contributed by atoms with Crippen molar-refractivity contribution in [3.05, 3.63) is 94.8 Å². The monoisotopic (exact) mass is 642 g/mol. The van der Waals surface area contributed by atoms with Crippen LogP contribution in [0.25, 0.3) is 0 Å². The van der Waals surface area contributed by atoms with Crippen LogP contribution in [-0.2, 0) is 15.7 Å². The lowest BCUT2D eigenvalue weighted by atomic mass is 9.97. The smallest absolute Gasteiger partial charge is 0.416 e. The number of methoxy groups -OCH3 is 2. The number of carbonyl (C=O) groups excluding carboxylic acids is 2. The predicted molar refractivity (Wildman–Crippen MR) is 161 cm³/mol. The minimum Gasteiger partial charge on any atom is -0.497 e. The molecule has 2 aliphatic heterocycles. The number of hydrogen-bond donors (Lipinski definition) is 0. The second kappa shape index (κ2) is 14.3. The zero-order chi connectivity index (χ0) is 32.8. The zero-order valence-electron chi connectivity index (χ0n) is 25.4. The van der Waals surface area contributed by atoms with E-state index in [0.717, 1.165) is 24.3 Å². The molecule has 1 atom stereocenters. The van der Waals surface area contributed by atoms with Crippen LogP contribution in [0.5, 0.6) is 11.5 Å². The highest BCUT2D eigenvalue weighted by molar-refractivity contribution is 6.05. The quantitative estimate of drug-likeness (QED) is 0.289. The standard InChI is InChI=1S/C33H34F4N4O5/c1-44-24-11-12-26(30(19-24)45-2)28-20-29(25-5-3-4-6-27(25)34)41(38-28)31(42)21-40(14-13-39-15-17-46-18-16-39)32(43)22-7-9-23(10-8-22)33(35,36)37/h3-12,19,29H,13-18,20-21H2,1-2H3. The molecule has 3 aromatic rings. The Morgan fingerprint density at radius 1 is 1.00 bits per heavy atom. The summed E-state index contributed by atoms with van der Waals surface area (Å²) >= 11 is 0. The van der Waals surface area contributed by atoms with Crippen molar-refractivity contribution in [1.29, 1.82) is 0 Å². The van der Waals surface area contributed by atoms with Crippen molar-refractivity contribution >= 4 is 17.5 Å². The van der Waals surface area contributed by atoms with Crippen molar-refractivity contribution in [2.45, 2.75) is 18.6 Å². The third-order valence-electron chi connectivity index (χ3n) is 8.01. The third kappa shape index (κ3) is 7.48. The van der Waals surface area contributed by atoms with Gasteiger partial charge in [-0.1, -0.05) is 18.2 Å². The molecule has 1 fully saturated rings. The van der Waals surface area contributed by atoms with Gasteiger partial charge in [0.1, 0.15) is 23.9 Å². The molecular formula is C33H34F4N4O5. The number of hydrazone groups is 1. The molecule has 2 aliphatic rings. The molecule has 3 aromatic carbocycles. The van der Waals surface area contributed by atoms with E-state index < -0.39 is 42.0 Å². The molecule has 9 nitrogen and oxygen atoms in total. The molecule has 0 spiro atoms. The van der Waals surface area contributed by atoms with Gasteiger partial charge < -0.3 is 19.1 Å². The first-order valence-corrected chi connectivity index (χ1v) is 14.7. The Labute approximate surface area is 263 Å². The molecule has 2 heterocycles. The van der Waals surface area contributed by atoms with Gasteiger partial charge in [0.25, 0.3) is 11.8 Å². The van der Waals surface area contributed by atoms with E-state index in [0.29, 0.717) is 55.6 Å². The van der Waals surface area contributed by atoms with Crippen LogP contribution in [0.3, 0.4) is 0 Å². The molecule has 0 aliphatic carbocycles. The minimum absolute atomic E-state index is 0.00186. The van der Waals surface area contributed by atoms with Crippen LogP contribution in [0.4, 0.5) is 17.6 Å². The molecule has 0 saturated carbocycles. The fraction of sp³-hybridized carbons (Fsp3) is 0.364. The summed E-state index contributed by atoms with van der Waals surface area (Å²) in [5.74, 6) is -0.718. The fourth-order valence-electron chi connectivity index (χ4n) is 5.49. The number of amides is 2. The molecular weight excluding hydrogens is 608 g/mol. The first-order valence-electron chi connectivity index (χ1n) is 14.7. The molecule has 0 bridgehead atoms. The SMILES string of the molecule is COc1ccc(C2=NN(C(=O)CN(CCN3CCOCC3)C(=O)c3ccc(C(F)(F)F)cc3)C(c3ccccc3F)C2)c(OC)c1. The summed E-state index contributed by atoms with van der Waals surface area (Å²) in [6.07, 6.45) is -4.40. The number of morpholine rings is 1. The Balaban J connectivity index is 1.46. The van der Waals surface area contributed by atoms with Gasteiger partial charge in [-0.2, -0.15) is 18.3 Å². The van der Waals surface area contributed by atoms with Gasteiger partial charge in [-0.05, 0) is 42.5 Å². The average molecular weight is 643 g/mol. The van der Waals surface area contributed by atoms with Crippen molar-refractivity contribution in [1.82, 2.24) is 14.8 Å². The highest BCUT2D eigenvalue weighted by atomic mass is 19.4. The Kier molecular flexibility index (Phi) is 10.2. The molecule has 46 heavy (non-hydrogen) atoms. The average Bonchev–Trinajstić information content (AvgIpc) is 3.51. The van der Waals surface area contributed by atoms with Crippen molar-refractivity contribution in [2.75, 3.05) is 60.2 Å². The van der Waals surface area contributed by atoms with Crippen molar-refractivity contribution in [3.8, 4) is 11.5 Å². The normalized spacial score (nSPS) is 17.0. The van der Waals surface area contributed by atoms with Crippen molar-refractivity contribution in [3.63, 3.8) is 0 Å². The molecule has 5 rings (SSSR count). The molecule has 13 heteroatoms. The Morgan fingerprint density at radius 3 is 2.37 bits per heavy atom. The van der Waals surface area contributed by atoms with E-state index in [4.69, 9.17) is 14.2 Å². The summed E-state index contributed by atoms with van der Waals surface area (Å²) in [4.78, 5) is 31.1. The summed E-state index contributed by atoms with van der Waals surface area (Å²) in [6.45, 7) is 2.41. The maximum Gasteiger partial charge on any atom is 0.416 e. The van der Waals surface area contributed by atoms with Crippen molar-refractivity contribution < 1.29 is 41.4 Å². The molecule has 1 unspecified atom stereocenters. The lowest BCUT2D eigenvalue weighted by Gasteiger charge is -2.31. The fourth-order valence-corrected chi connectivity index (χ4v) is 5.49. The van der Waals surface area contributed by atoms with E-state index in [1.165, 1.54) is 30.2 Å². The van der Waals surface area contributed by atoms with Gasteiger partial charge in [0.2, 0.25) is 0 Å². The topological polar surface area (TPSA) is 83.9 Å².